The van der Waals surface area contributed by atoms with Crippen LogP contribution >= 0.6 is 0 Å². The third-order valence-electron chi connectivity index (χ3n) is 3.62. The lowest BCUT2D eigenvalue weighted by atomic mass is 9.65. The molecule has 2 aliphatic rings. The molecule has 0 heteroatoms. The molecule has 0 aliphatic heterocycles. The van der Waals surface area contributed by atoms with Crippen LogP contribution in [0.2, 0.25) is 0 Å². The van der Waals surface area contributed by atoms with Gasteiger partial charge in [-0.15, -0.1) is 0 Å². The number of fused-ring (bicyclic) bond motifs is 1. The summed E-state index contributed by atoms with van der Waals surface area (Å²) in [6.45, 7) is 8.85. The molecule has 0 spiro atoms. The van der Waals surface area contributed by atoms with Gasteiger partial charge in [-0.1, -0.05) is 26.0 Å². The maximum Gasteiger partial charge on any atom is -0.0201 e. The lowest BCUT2D eigenvalue weighted by Crippen LogP contribution is -2.33. The molecule has 0 radical (unpaired) electrons. The first-order chi connectivity index (χ1) is 4.70. The van der Waals surface area contributed by atoms with E-state index in [1.54, 1.807) is 0 Å². The van der Waals surface area contributed by atoms with Gasteiger partial charge in [0.2, 0.25) is 0 Å². The van der Waals surface area contributed by atoms with Crippen LogP contribution in [0.5, 0.6) is 0 Å². The van der Waals surface area contributed by atoms with Crippen LogP contribution in [0, 0.1) is 23.7 Å². The lowest BCUT2D eigenvalue weighted by molar-refractivity contribution is 0.0906. The predicted octanol–water partition coefficient (Wildman–Crippen LogP) is 2.85. The van der Waals surface area contributed by atoms with Gasteiger partial charge in [-0.05, 0) is 36.5 Å². The molecule has 0 saturated heterocycles. The molecule has 0 amide bonds. The van der Waals surface area contributed by atoms with E-state index >= 15 is 0 Å². The number of hydrogen-bond acceptors (Lipinski definition) is 0. The van der Waals surface area contributed by atoms with Crippen LogP contribution in [0.25, 0.3) is 0 Å². The van der Waals surface area contributed by atoms with E-state index in [0.717, 1.165) is 23.7 Å². The maximum atomic E-state index is 4.11. The fourth-order valence-electron chi connectivity index (χ4n) is 2.98. The molecule has 0 N–H and O–H groups in total. The van der Waals surface area contributed by atoms with Crippen molar-refractivity contribution >= 4 is 0 Å². The summed E-state index contributed by atoms with van der Waals surface area (Å²) < 4.78 is 0. The standard InChI is InChI=1S/C10H16/c1-6-4-9-5-7(2)10(9)8(6)3/h7-10H,1,4-5H2,2-3H3/t7-,8?,9+,10?/m0/s1. The van der Waals surface area contributed by atoms with Gasteiger partial charge in [0, 0.05) is 0 Å². The van der Waals surface area contributed by atoms with Crippen molar-refractivity contribution in [2.45, 2.75) is 26.7 Å². The molecule has 2 aliphatic carbocycles. The minimum atomic E-state index is 0.828. The average Bonchev–Trinajstić information content (AvgIpc) is 2.05. The minimum absolute atomic E-state index is 0.828. The summed E-state index contributed by atoms with van der Waals surface area (Å²) in [5.74, 6) is 3.85. The van der Waals surface area contributed by atoms with Gasteiger partial charge in [0.05, 0.1) is 0 Å². The van der Waals surface area contributed by atoms with E-state index in [1.165, 1.54) is 18.4 Å². The molecule has 2 rings (SSSR count). The largest absolute Gasteiger partial charge is 0.0996 e. The lowest BCUT2D eigenvalue weighted by Gasteiger charge is -2.40. The Kier molecular flexibility index (Phi) is 1.21. The van der Waals surface area contributed by atoms with Crippen LogP contribution in [0.3, 0.4) is 0 Å². The van der Waals surface area contributed by atoms with Gasteiger partial charge in [0.15, 0.2) is 0 Å². The van der Waals surface area contributed by atoms with Crippen molar-refractivity contribution in [3.63, 3.8) is 0 Å². The van der Waals surface area contributed by atoms with Crippen LogP contribution in [0.15, 0.2) is 12.2 Å². The number of allylic oxidation sites excluding steroid dienone is 1. The summed E-state index contributed by atoms with van der Waals surface area (Å²) >= 11 is 0. The third-order valence-corrected chi connectivity index (χ3v) is 3.62. The molecule has 10 heavy (non-hydrogen) atoms. The molecule has 0 aromatic heterocycles. The smallest absolute Gasteiger partial charge is 0.0201 e. The van der Waals surface area contributed by atoms with E-state index in [1.807, 2.05) is 0 Å². The molecular weight excluding hydrogens is 120 g/mol. The highest BCUT2D eigenvalue weighted by Gasteiger charge is 2.46. The Hall–Kier alpha value is -0.260. The van der Waals surface area contributed by atoms with E-state index in [0.29, 0.717) is 0 Å². The zero-order valence-corrected chi connectivity index (χ0v) is 6.93. The van der Waals surface area contributed by atoms with Gasteiger partial charge >= 0.3 is 0 Å². The topological polar surface area (TPSA) is 0 Å². The van der Waals surface area contributed by atoms with E-state index in [4.69, 9.17) is 0 Å². The van der Waals surface area contributed by atoms with Crippen molar-refractivity contribution in [2.75, 3.05) is 0 Å². The van der Waals surface area contributed by atoms with Crippen molar-refractivity contribution in [1.82, 2.24) is 0 Å². The van der Waals surface area contributed by atoms with Crippen molar-refractivity contribution in [2.24, 2.45) is 23.7 Å². The van der Waals surface area contributed by atoms with Crippen molar-refractivity contribution < 1.29 is 0 Å². The molecule has 4 atom stereocenters. The van der Waals surface area contributed by atoms with Crippen LogP contribution in [-0.2, 0) is 0 Å². The summed E-state index contributed by atoms with van der Waals surface area (Å²) in [4.78, 5) is 0. The zero-order chi connectivity index (χ0) is 7.30. The first-order valence-corrected chi connectivity index (χ1v) is 4.38. The Balaban J connectivity index is 2.15. The van der Waals surface area contributed by atoms with Crippen molar-refractivity contribution in [3.8, 4) is 0 Å². The molecule has 0 bridgehead atoms. The Labute approximate surface area is 63.3 Å². The average molecular weight is 136 g/mol. The number of rotatable bonds is 0. The second-order valence-corrected chi connectivity index (χ2v) is 4.20. The monoisotopic (exact) mass is 136 g/mol. The maximum absolute atomic E-state index is 4.11. The van der Waals surface area contributed by atoms with Crippen LogP contribution in [0.1, 0.15) is 26.7 Å². The van der Waals surface area contributed by atoms with E-state index in [-0.39, 0.29) is 0 Å². The van der Waals surface area contributed by atoms with Gasteiger partial charge in [0.25, 0.3) is 0 Å². The molecule has 2 saturated carbocycles. The van der Waals surface area contributed by atoms with E-state index in [2.05, 4.69) is 20.4 Å². The van der Waals surface area contributed by atoms with Gasteiger partial charge < -0.3 is 0 Å². The van der Waals surface area contributed by atoms with Gasteiger partial charge in [0.1, 0.15) is 0 Å². The molecule has 0 heterocycles. The molecule has 0 aromatic carbocycles. The molecule has 0 aromatic rings. The Morgan fingerprint density at radius 1 is 1.40 bits per heavy atom. The second kappa shape index (κ2) is 1.87. The molecule has 2 fully saturated rings. The quantitative estimate of drug-likeness (QED) is 0.449. The first-order valence-electron chi connectivity index (χ1n) is 4.38. The summed E-state index contributed by atoms with van der Waals surface area (Å²) in [6.07, 6.45) is 2.80. The summed E-state index contributed by atoms with van der Waals surface area (Å²) in [5, 5.41) is 0. The molecule has 0 nitrogen and oxygen atoms in total. The number of hydrogen-bond donors (Lipinski definition) is 0. The second-order valence-electron chi connectivity index (χ2n) is 4.20. The fourth-order valence-corrected chi connectivity index (χ4v) is 2.98. The highest BCUT2D eigenvalue weighted by Crippen LogP contribution is 2.55. The zero-order valence-electron chi connectivity index (χ0n) is 6.93. The van der Waals surface area contributed by atoms with E-state index < -0.39 is 0 Å². The SMILES string of the molecule is C=C1C[C@@H]2C[C@H](C)C2C1C. The van der Waals surface area contributed by atoms with Crippen LogP contribution < -0.4 is 0 Å². The Morgan fingerprint density at radius 2 is 2.10 bits per heavy atom. The summed E-state index contributed by atoms with van der Waals surface area (Å²) in [5.41, 5.74) is 1.51. The molecule has 2 unspecified atom stereocenters. The van der Waals surface area contributed by atoms with Gasteiger partial charge in [-0.25, -0.2) is 0 Å². The first kappa shape index (κ1) is 6.45. The summed E-state index contributed by atoms with van der Waals surface area (Å²) in [6, 6.07) is 0. The predicted molar refractivity (Wildman–Crippen MR) is 43.7 cm³/mol. The van der Waals surface area contributed by atoms with E-state index in [9.17, 15) is 0 Å². The minimum Gasteiger partial charge on any atom is -0.0996 e. The Morgan fingerprint density at radius 3 is 2.50 bits per heavy atom. The van der Waals surface area contributed by atoms with Gasteiger partial charge in [-0.3, -0.25) is 0 Å². The molecule has 56 valence electrons. The molecular formula is C10H16. The van der Waals surface area contributed by atoms with Crippen molar-refractivity contribution in [3.05, 3.63) is 12.2 Å². The van der Waals surface area contributed by atoms with Crippen molar-refractivity contribution in [1.29, 1.82) is 0 Å². The van der Waals surface area contributed by atoms with Crippen LogP contribution in [0.4, 0.5) is 0 Å². The van der Waals surface area contributed by atoms with Crippen LogP contribution in [-0.4, -0.2) is 0 Å². The fraction of sp³-hybridized carbons (Fsp3) is 0.800. The third kappa shape index (κ3) is 0.624. The normalized spacial score (nSPS) is 52.4. The van der Waals surface area contributed by atoms with Gasteiger partial charge in [-0.2, -0.15) is 0 Å². The highest BCUT2D eigenvalue weighted by atomic mass is 14.5. The highest BCUT2D eigenvalue weighted by molar-refractivity contribution is 5.15. The summed E-state index contributed by atoms with van der Waals surface area (Å²) in [7, 11) is 0. The Bertz CT molecular complexity index is 169.